The second kappa shape index (κ2) is 15.6. The molecule has 4 N–H and O–H groups in total. The van der Waals surface area contributed by atoms with Crippen LogP contribution in [-0.2, 0) is 27.8 Å². The maximum Gasteiger partial charge on any atom is 0.332 e. The van der Waals surface area contributed by atoms with Gasteiger partial charge >= 0.3 is 5.97 Å². The molecule has 0 spiro atoms. The summed E-state index contributed by atoms with van der Waals surface area (Å²) in [6.45, 7) is 2.15. The zero-order valence-corrected chi connectivity index (χ0v) is 26.5. The second-order valence-corrected chi connectivity index (χ2v) is 12.9. The van der Waals surface area contributed by atoms with Gasteiger partial charge in [0.25, 0.3) is 0 Å². The van der Waals surface area contributed by atoms with Gasteiger partial charge in [0.2, 0.25) is 0 Å². The van der Waals surface area contributed by atoms with Crippen LogP contribution in [0.1, 0.15) is 18.2 Å². The number of sulfone groups is 1. The Morgan fingerprint density at radius 3 is 2.57 bits per heavy atom. The normalized spacial score (nSPS) is 11.8. The average molecular weight is 671 g/mol. The predicted molar refractivity (Wildman–Crippen MR) is 173 cm³/mol. The zero-order chi connectivity index (χ0) is 33.3. The Bertz CT molecular complexity index is 1920. The van der Waals surface area contributed by atoms with Crippen molar-refractivity contribution in [3.63, 3.8) is 0 Å². The van der Waals surface area contributed by atoms with Crippen LogP contribution in [0.4, 0.5) is 15.9 Å². The Hall–Kier alpha value is -4.56. The number of aliphatic hydroxyl groups is 1. The highest BCUT2D eigenvalue weighted by Gasteiger charge is 2.12. The standard InChI is InChI=1S/C29H26ClFN4O4S.C3H6O3/c1-40(36,37)12-11-32-16-23-7-10-27(39-23)20-5-8-26-24(14-20)29(34-18-33-26)35-22-6-9-28(25(30)15-22)38-17-19-3-2-4-21(31)13-19;1-2(4)3(5)6/h2-10,13-15,18,32H,11-12,16-17H2,1H3,(H,33,34,35);2,4H,1H3,(H,5,6). The van der Waals surface area contributed by atoms with E-state index in [1.807, 2.05) is 36.4 Å². The molecule has 0 aliphatic heterocycles. The number of aliphatic hydroxyl groups excluding tert-OH is 1. The second-order valence-electron chi connectivity index (χ2n) is 10.2. The van der Waals surface area contributed by atoms with Gasteiger partial charge in [0.1, 0.15) is 57.8 Å². The maximum atomic E-state index is 13.4. The van der Waals surface area contributed by atoms with Crippen molar-refractivity contribution in [2.24, 2.45) is 0 Å². The quantitative estimate of drug-likeness (QED) is 0.122. The number of nitrogens with one attached hydrogen (secondary N) is 2. The third-order valence-corrected chi connectivity index (χ3v) is 7.61. The van der Waals surface area contributed by atoms with E-state index < -0.39 is 21.9 Å². The first-order valence-corrected chi connectivity index (χ1v) is 16.4. The van der Waals surface area contributed by atoms with E-state index in [2.05, 4.69) is 20.6 Å². The van der Waals surface area contributed by atoms with Crippen LogP contribution in [0.2, 0.25) is 5.02 Å². The Morgan fingerprint density at radius 2 is 1.87 bits per heavy atom. The fourth-order valence-corrected chi connectivity index (χ4v) is 4.78. The van der Waals surface area contributed by atoms with Crippen molar-refractivity contribution in [1.82, 2.24) is 15.3 Å². The van der Waals surface area contributed by atoms with Gasteiger partial charge in [-0.1, -0.05) is 23.7 Å². The number of ether oxygens (including phenoxy) is 1. The van der Waals surface area contributed by atoms with Crippen LogP contribution in [0.5, 0.6) is 5.75 Å². The molecule has 0 radical (unpaired) electrons. The summed E-state index contributed by atoms with van der Waals surface area (Å²) < 4.78 is 47.8. The Labute approximate surface area is 270 Å². The van der Waals surface area contributed by atoms with E-state index in [-0.39, 0.29) is 18.2 Å². The van der Waals surface area contributed by atoms with Crippen molar-refractivity contribution >= 4 is 49.8 Å². The van der Waals surface area contributed by atoms with Gasteiger partial charge in [0.15, 0.2) is 0 Å². The van der Waals surface area contributed by atoms with Gasteiger partial charge in [-0.25, -0.2) is 27.6 Å². The molecule has 1 atom stereocenters. The number of benzene rings is 3. The summed E-state index contributed by atoms with van der Waals surface area (Å²) in [5, 5.41) is 23.3. The first-order chi connectivity index (χ1) is 21.9. The third kappa shape index (κ3) is 10.2. The highest BCUT2D eigenvalue weighted by molar-refractivity contribution is 7.90. The van der Waals surface area contributed by atoms with Crippen LogP contribution in [0, 0.1) is 5.82 Å². The number of halogens is 2. The van der Waals surface area contributed by atoms with Crippen LogP contribution >= 0.6 is 11.6 Å². The van der Waals surface area contributed by atoms with Crippen molar-refractivity contribution in [1.29, 1.82) is 0 Å². The zero-order valence-electron chi connectivity index (χ0n) is 24.9. The van der Waals surface area contributed by atoms with E-state index in [4.69, 9.17) is 31.0 Å². The molecule has 0 aliphatic carbocycles. The fourth-order valence-electron chi connectivity index (χ4n) is 4.03. The number of aromatic nitrogens is 2. The van der Waals surface area contributed by atoms with E-state index in [0.717, 1.165) is 16.5 Å². The van der Waals surface area contributed by atoms with E-state index in [1.54, 1.807) is 24.3 Å². The number of fused-ring (bicyclic) bond motifs is 1. The summed E-state index contributed by atoms with van der Waals surface area (Å²) in [7, 11) is -3.02. The molecular weight excluding hydrogens is 639 g/mol. The summed E-state index contributed by atoms with van der Waals surface area (Å²) in [6, 6.07) is 21.0. The van der Waals surface area contributed by atoms with Crippen molar-refractivity contribution in [2.75, 3.05) is 23.9 Å². The van der Waals surface area contributed by atoms with Gasteiger partial charge in [-0.15, -0.1) is 0 Å². The van der Waals surface area contributed by atoms with E-state index in [0.29, 0.717) is 52.5 Å². The minimum Gasteiger partial charge on any atom is -0.487 e. The van der Waals surface area contributed by atoms with Crippen LogP contribution in [0.3, 0.4) is 0 Å². The SMILES string of the molecule is CC(O)C(=O)O.CS(=O)(=O)CCNCc1ccc(-c2ccc3ncnc(Nc4ccc(OCc5cccc(F)c5)c(Cl)c4)c3c2)o1. The number of carbonyl (C=O) groups is 1. The third-order valence-electron chi connectivity index (χ3n) is 6.37. The average Bonchev–Trinajstić information content (AvgIpc) is 3.48. The highest BCUT2D eigenvalue weighted by Crippen LogP contribution is 2.32. The molecule has 5 rings (SSSR count). The summed E-state index contributed by atoms with van der Waals surface area (Å²) in [6.07, 6.45) is 1.46. The molecule has 1 unspecified atom stereocenters. The number of rotatable bonds is 12. The van der Waals surface area contributed by atoms with Crippen LogP contribution in [0.25, 0.3) is 22.2 Å². The molecule has 2 aromatic heterocycles. The fraction of sp³-hybridized carbons (Fsp3) is 0.219. The van der Waals surface area contributed by atoms with Crippen molar-refractivity contribution in [3.8, 4) is 17.1 Å². The van der Waals surface area contributed by atoms with Crippen LogP contribution < -0.4 is 15.4 Å². The van der Waals surface area contributed by atoms with Gasteiger partial charge in [-0.05, 0) is 73.2 Å². The number of carboxylic acid groups (broad SMARTS) is 1. The van der Waals surface area contributed by atoms with Crippen LogP contribution in [0.15, 0.2) is 83.5 Å². The molecule has 242 valence electrons. The highest BCUT2D eigenvalue weighted by atomic mass is 35.5. The summed E-state index contributed by atoms with van der Waals surface area (Å²) >= 11 is 6.47. The number of nitrogens with zero attached hydrogens (tertiary/aromatic N) is 2. The van der Waals surface area contributed by atoms with E-state index in [9.17, 15) is 17.6 Å². The molecule has 46 heavy (non-hydrogen) atoms. The van der Waals surface area contributed by atoms with Gasteiger partial charge < -0.3 is 30.0 Å². The number of hydrogen-bond acceptors (Lipinski definition) is 10. The molecule has 2 heterocycles. The smallest absolute Gasteiger partial charge is 0.332 e. The van der Waals surface area contributed by atoms with Crippen molar-refractivity contribution < 1.29 is 37.0 Å². The lowest BCUT2D eigenvalue weighted by Gasteiger charge is -2.12. The van der Waals surface area contributed by atoms with E-state index in [1.165, 1.54) is 31.6 Å². The molecule has 0 fully saturated rings. The number of carboxylic acids is 1. The lowest BCUT2D eigenvalue weighted by molar-refractivity contribution is -0.145. The van der Waals surface area contributed by atoms with Crippen molar-refractivity contribution in [3.05, 3.63) is 101 Å². The summed E-state index contributed by atoms with van der Waals surface area (Å²) in [5.74, 6) is 0.987. The molecule has 0 saturated carbocycles. The molecule has 3 aromatic carbocycles. The summed E-state index contributed by atoms with van der Waals surface area (Å²) in [4.78, 5) is 18.2. The number of furan rings is 1. The van der Waals surface area contributed by atoms with Gasteiger partial charge in [-0.2, -0.15) is 0 Å². The molecule has 0 bridgehead atoms. The minimum atomic E-state index is -3.02. The summed E-state index contributed by atoms with van der Waals surface area (Å²) in [5.41, 5.74) is 2.99. The topological polar surface area (TPSA) is 164 Å². The Balaban J connectivity index is 0.000000731. The minimum absolute atomic E-state index is 0.0664. The molecule has 5 aromatic rings. The molecule has 0 aliphatic rings. The Kier molecular flexibility index (Phi) is 11.7. The first kappa shape index (κ1) is 34.3. The van der Waals surface area contributed by atoms with Gasteiger partial charge in [-0.3, -0.25) is 0 Å². The monoisotopic (exact) mass is 670 g/mol. The molecule has 0 saturated heterocycles. The predicted octanol–water partition coefficient (Wildman–Crippen LogP) is 5.59. The van der Waals surface area contributed by atoms with E-state index >= 15 is 0 Å². The first-order valence-electron chi connectivity index (χ1n) is 13.9. The number of hydrogen-bond donors (Lipinski definition) is 4. The lowest BCUT2D eigenvalue weighted by atomic mass is 10.1. The van der Waals surface area contributed by atoms with Gasteiger partial charge in [0.05, 0.1) is 22.8 Å². The largest absolute Gasteiger partial charge is 0.487 e. The molecule has 11 nitrogen and oxygen atoms in total. The number of anilines is 2. The molecule has 14 heteroatoms. The Morgan fingerprint density at radius 1 is 1.09 bits per heavy atom. The maximum absolute atomic E-state index is 13.4. The molecule has 0 amide bonds. The van der Waals surface area contributed by atoms with Crippen LogP contribution in [-0.4, -0.2) is 59.2 Å². The molecular formula is C32H32ClFN4O7S. The van der Waals surface area contributed by atoms with Gasteiger partial charge in [0, 0.05) is 29.4 Å². The van der Waals surface area contributed by atoms with Crippen molar-refractivity contribution in [2.45, 2.75) is 26.2 Å². The number of aliphatic carboxylic acids is 1. The lowest BCUT2D eigenvalue weighted by Crippen LogP contribution is -2.21.